The van der Waals surface area contributed by atoms with Gasteiger partial charge in [-0.2, -0.15) is 0 Å². The zero-order valence-electron chi connectivity index (χ0n) is 11.3. The summed E-state index contributed by atoms with van der Waals surface area (Å²) in [6.07, 6.45) is 3.77. The van der Waals surface area contributed by atoms with E-state index in [9.17, 15) is 0 Å². The van der Waals surface area contributed by atoms with Crippen LogP contribution in [0.25, 0.3) is 0 Å². The minimum atomic E-state index is 0.657. The van der Waals surface area contributed by atoms with Crippen LogP contribution in [-0.2, 0) is 0 Å². The van der Waals surface area contributed by atoms with Crippen LogP contribution in [0.2, 0.25) is 0 Å². The average molecular weight is 214 g/mol. The SMILES string of the molecule is CCCNC(C)CCN(C)CC(C)CC. The Kier molecular flexibility index (Phi) is 9.12. The Hall–Kier alpha value is -0.0800. The Labute approximate surface area is 96.4 Å². The van der Waals surface area contributed by atoms with E-state index in [1.807, 2.05) is 0 Å². The summed E-state index contributed by atoms with van der Waals surface area (Å²) in [5.74, 6) is 0.828. The summed E-state index contributed by atoms with van der Waals surface area (Å²) in [5, 5.41) is 3.53. The van der Waals surface area contributed by atoms with Crippen LogP contribution < -0.4 is 5.32 Å². The molecule has 2 atom stereocenters. The van der Waals surface area contributed by atoms with Crippen molar-refractivity contribution in [2.24, 2.45) is 5.92 Å². The Bertz CT molecular complexity index is 136. The molecule has 0 saturated heterocycles. The minimum Gasteiger partial charge on any atom is -0.314 e. The van der Waals surface area contributed by atoms with Crippen molar-refractivity contribution in [3.05, 3.63) is 0 Å². The molecule has 0 rings (SSSR count). The van der Waals surface area contributed by atoms with E-state index in [-0.39, 0.29) is 0 Å². The molecule has 0 bridgehead atoms. The van der Waals surface area contributed by atoms with Gasteiger partial charge in [-0.3, -0.25) is 0 Å². The van der Waals surface area contributed by atoms with E-state index in [2.05, 4.69) is 45.0 Å². The monoisotopic (exact) mass is 214 g/mol. The van der Waals surface area contributed by atoms with Crippen LogP contribution in [0.1, 0.15) is 47.0 Å². The fourth-order valence-electron chi connectivity index (χ4n) is 1.66. The van der Waals surface area contributed by atoms with Crippen LogP contribution in [0.5, 0.6) is 0 Å². The van der Waals surface area contributed by atoms with Gasteiger partial charge in [0.25, 0.3) is 0 Å². The van der Waals surface area contributed by atoms with Crippen LogP contribution in [0.4, 0.5) is 0 Å². The lowest BCUT2D eigenvalue weighted by Gasteiger charge is -2.22. The Morgan fingerprint density at radius 2 is 1.87 bits per heavy atom. The zero-order valence-corrected chi connectivity index (χ0v) is 11.3. The number of hydrogen-bond donors (Lipinski definition) is 1. The highest BCUT2D eigenvalue weighted by molar-refractivity contribution is 4.64. The molecule has 0 aliphatic rings. The van der Waals surface area contributed by atoms with Gasteiger partial charge in [-0.1, -0.05) is 27.2 Å². The van der Waals surface area contributed by atoms with Crippen LogP contribution in [0, 0.1) is 5.92 Å². The van der Waals surface area contributed by atoms with Gasteiger partial charge in [0.15, 0.2) is 0 Å². The van der Waals surface area contributed by atoms with Gasteiger partial charge in [-0.15, -0.1) is 0 Å². The molecule has 0 aliphatic carbocycles. The predicted octanol–water partition coefficient (Wildman–Crippen LogP) is 2.74. The molecule has 0 aromatic heterocycles. The molecule has 0 aromatic rings. The number of rotatable bonds is 9. The molecule has 0 fully saturated rings. The first-order valence-corrected chi connectivity index (χ1v) is 6.52. The molecule has 0 spiro atoms. The maximum Gasteiger partial charge on any atom is 0.00508 e. The van der Waals surface area contributed by atoms with Gasteiger partial charge in [-0.25, -0.2) is 0 Å². The van der Waals surface area contributed by atoms with Crippen molar-refractivity contribution < 1.29 is 0 Å². The van der Waals surface area contributed by atoms with E-state index < -0.39 is 0 Å². The summed E-state index contributed by atoms with van der Waals surface area (Å²) >= 11 is 0. The summed E-state index contributed by atoms with van der Waals surface area (Å²) in [7, 11) is 2.23. The molecule has 92 valence electrons. The summed E-state index contributed by atoms with van der Waals surface area (Å²) < 4.78 is 0. The molecule has 2 heteroatoms. The molecule has 0 saturated carbocycles. The summed E-state index contributed by atoms with van der Waals surface area (Å²) in [6, 6.07) is 0.657. The second-order valence-corrected chi connectivity index (χ2v) is 4.92. The van der Waals surface area contributed by atoms with Crippen molar-refractivity contribution in [1.82, 2.24) is 10.2 Å². The number of nitrogens with zero attached hydrogens (tertiary/aromatic N) is 1. The van der Waals surface area contributed by atoms with Gasteiger partial charge in [0, 0.05) is 12.6 Å². The summed E-state index contributed by atoms with van der Waals surface area (Å²) in [4.78, 5) is 2.46. The van der Waals surface area contributed by atoms with Crippen LogP contribution >= 0.6 is 0 Å². The Morgan fingerprint density at radius 1 is 1.20 bits per heavy atom. The third-order valence-corrected chi connectivity index (χ3v) is 3.01. The normalized spacial score (nSPS) is 15.6. The topological polar surface area (TPSA) is 15.3 Å². The minimum absolute atomic E-state index is 0.657. The molecule has 0 aliphatic heterocycles. The molecule has 2 unspecified atom stereocenters. The van der Waals surface area contributed by atoms with Crippen molar-refractivity contribution in [2.45, 2.75) is 53.0 Å². The highest BCUT2D eigenvalue weighted by atomic mass is 15.1. The predicted molar refractivity (Wildman–Crippen MR) is 69.3 cm³/mol. The van der Waals surface area contributed by atoms with Gasteiger partial charge in [0.2, 0.25) is 0 Å². The lowest BCUT2D eigenvalue weighted by Crippen LogP contribution is -2.32. The number of hydrogen-bond acceptors (Lipinski definition) is 2. The molecule has 0 heterocycles. The fraction of sp³-hybridized carbons (Fsp3) is 1.00. The van der Waals surface area contributed by atoms with Crippen LogP contribution in [0.3, 0.4) is 0 Å². The van der Waals surface area contributed by atoms with Gasteiger partial charge in [0.05, 0.1) is 0 Å². The second kappa shape index (κ2) is 9.17. The maximum atomic E-state index is 3.53. The molecular weight excluding hydrogens is 184 g/mol. The molecule has 2 nitrogen and oxygen atoms in total. The first kappa shape index (κ1) is 14.9. The first-order valence-electron chi connectivity index (χ1n) is 6.52. The van der Waals surface area contributed by atoms with Gasteiger partial charge >= 0.3 is 0 Å². The second-order valence-electron chi connectivity index (χ2n) is 4.92. The third-order valence-electron chi connectivity index (χ3n) is 3.01. The quantitative estimate of drug-likeness (QED) is 0.635. The van der Waals surface area contributed by atoms with E-state index in [4.69, 9.17) is 0 Å². The van der Waals surface area contributed by atoms with Gasteiger partial charge < -0.3 is 10.2 Å². The van der Waals surface area contributed by atoms with Crippen LogP contribution in [0.15, 0.2) is 0 Å². The lowest BCUT2D eigenvalue weighted by molar-refractivity contribution is 0.268. The smallest absolute Gasteiger partial charge is 0.00508 e. The molecular formula is C13H30N2. The van der Waals surface area contributed by atoms with Crippen molar-refractivity contribution >= 4 is 0 Å². The summed E-state index contributed by atoms with van der Waals surface area (Å²) in [5.41, 5.74) is 0. The standard InChI is InChI=1S/C13H30N2/c1-6-9-14-13(4)8-10-15(5)11-12(3)7-2/h12-14H,6-11H2,1-5H3. The zero-order chi connectivity index (χ0) is 11.7. The first-order chi connectivity index (χ1) is 7.10. The highest BCUT2D eigenvalue weighted by Crippen LogP contribution is 2.03. The maximum absolute atomic E-state index is 3.53. The van der Waals surface area contributed by atoms with Crippen molar-refractivity contribution in [3.63, 3.8) is 0 Å². The molecule has 1 N–H and O–H groups in total. The fourth-order valence-corrected chi connectivity index (χ4v) is 1.66. The molecule has 15 heavy (non-hydrogen) atoms. The molecule has 0 radical (unpaired) electrons. The third kappa shape index (κ3) is 8.88. The molecule has 0 aromatic carbocycles. The summed E-state index contributed by atoms with van der Waals surface area (Å²) in [6.45, 7) is 12.7. The van der Waals surface area contributed by atoms with E-state index >= 15 is 0 Å². The number of nitrogens with one attached hydrogen (secondary N) is 1. The van der Waals surface area contributed by atoms with Crippen LogP contribution in [-0.4, -0.2) is 37.6 Å². The molecule has 0 amide bonds. The largest absolute Gasteiger partial charge is 0.314 e. The highest BCUT2D eigenvalue weighted by Gasteiger charge is 2.06. The van der Waals surface area contributed by atoms with E-state index in [0.29, 0.717) is 6.04 Å². The van der Waals surface area contributed by atoms with E-state index in [1.165, 1.54) is 32.4 Å². The Morgan fingerprint density at radius 3 is 2.40 bits per heavy atom. The van der Waals surface area contributed by atoms with Gasteiger partial charge in [-0.05, 0) is 45.8 Å². The lowest BCUT2D eigenvalue weighted by atomic mass is 10.1. The van der Waals surface area contributed by atoms with Crippen molar-refractivity contribution in [3.8, 4) is 0 Å². The van der Waals surface area contributed by atoms with E-state index in [1.54, 1.807) is 0 Å². The van der Waals surface area contributed by atoms with E-state index in [0.717, 1.165) is 12.5 Å². The Balaban J connectivity index is 3.47. The van der Waals surface area contributed by atoms with Crippen molar-refractivity contribution in [1.29, 1.82) is 0 Å². The average Bonchev–Trinajstić information content (AvgIpc) is 2.23. The van der Waals surface area contributed by atoms with Gasteiger partial charge in [0.1, 0.15) is 0 Å². The van der Waals surface area contributed by atoms with Crippen molar-refractivity contribution in [2.75, 3.05) is 26.7 Å².